The van der Waals surface area contributed by atoms with Gasteiger partial charge in [-0.25, -0.2) is 0 Å². The van der Waals surface area contributed by atoms with Crippen LogP contribution in [0.3, 0.4) is 0 Å². The van der Waals surface area contributed by atoms with E-state index < -0.39 is 0 Å². The van der Waals surface area contributed by atoms with E-state index in [1.807, 2.05) is 18.8 Å². The summed E-state index contributed by atoms with van der Waals surface area (Å²) in [6, 6.07) is 0.0405. The van der Waals surface area contributed by atoms with E-state index >= 15 is 0 Å². The quantitative estimate of drug-likeness (QED) is 0.800. The van der Waals surface area contributed by atoms with Gasteiger partial charge in [0.2, 0.25) is 0 Å². The summed E-state index contributed by atoms with van der Waals surface area (Å²) >= 11 is 1.88. The molecule has 0 amide bonds. The summed E-state index contributed by atoms with van der Waals surface area (Å²) in [7, 11) is 1.87. The molecule has 1 rings (SSSR count). The number of thioether (sulfide) groups is 1. The smallest absolute Gasteiger partial charge is 0.0759 e. The molecule has 1 aromatic heterocycles. The Hall–Kier alpha value is -0.550. The maximum Gasteiger partial charge on any atom is 0.0759 e. The van der Waals surface area contributed by atoms with Gasteiger partial charge in [-0.3, -0.25) is 4.68 Å². The number of hydrogen-bond donors (Lipinski definition) is 1. The summed E-state index contributed by atoms with van der Waals surface area (Å²) in [5.74, 6) is 2.80. The normalized spacial score (nSPS) is 13.5. The number of aryl methyl sites for hydroxylation is 1. The lowest BCUT2D eigenvalue weighted by Crippen LogP contribution is -2.17. The fourth-order valence-corrected chi connectivity index (χ4v) is 2.18. The Morgan fingerprint density at radius 2 is 2.21 bits per heavy atom. The summed E-state index contributed by atoms with van der Waals surface area (Å²) in [6.45, 7) is 4.42. The standard InChI is InChI=1S/C9H18N4S/c1-7(2)5-14-6-8(10)9-4-11-12-13(9)3/h4,7-8H,5-6,10H2,1-3H3. The van der Waals surface area contributed by atoms with Gasteiger partial charge in [0, 0.05) is 12.8 Å². The highest BCUT2D eigenvalue weighted by Gasteiger charge is 2.10. The monoisotopic (exact) mass is 214 g/mol. The van der Waals surface area contributed by atoms with Gasteiger partial charge in [0.05, 0.1) is 17.9 Å². The second-order valence-electron chi connectivity index (χ2n) is 3.82. The van der Waals surface area contributed by atoms with E-state index in [0.717, 1.165) is 23.1 Å². The topological polar surface area (TPSA) is 56.7 Å². The molecule has 0 aromatic carbocycles. The molecule has 0 saturated heterocycles. The minimum Gasteiger partial charge on any atom is -0.322 e. The van der Waals surface area contributed by atoms with Crippen molar-refractivity contribution >= 4 is 11.8 Å². The molecule has 0 saturated carbocycles. The minimum absolute atomic E-state index is 0.0405. The van der Waals surface area contributed by atoms with E-state index in [2.05, 4.69) is 24.2 Å². The first-order valence-corrected chi connectivity index (χ1v) is 5.94. The van der Waals surface area contributed by atoms with Crippen LogP contribution in [0.15, 0.2) is 6.20 Å². The van der Waals surface area contributed by atoms with Crippen LogP contribution in [0.4, 0.5) is 0 Å². The Kier molecular flexibility index (Phi) is 4.41. The molecule has 0 radical (unpaired) electrons. The third-order valence-corrected chi connectivity index (χ3v) is 3.38. The van der Waals surface area contributed by atoms with Gasteiger partial charge in [-0.05, 0) is 11.7 Å². The summed E-state index contributed by atoms with van der Waals surface area (Å²) in [5.41, 5.74) is 7.01. The van der Waals surface area contributed by atoms with E-state index in [4.69, 9.17) is 5.73 Å². The molecule has 5 heteroatoms. The van der Waals surface area contributed by atoms with E-state index in [9.17, 15) is 0 Å². The van der Waals surface area contributed by atoms with Gasteiger partial charge in [-0.1, -0.05) is 19.1 Å². The Morgan fingerprint density at radius 3 is 2.71 bits per heavy atom. The number of nitrogens with zero attached hydrogens (tertiary/aromatic N) is 3. The minimum atomic E-state index is 0.0405. The van der Waals surface area contributed by atoms with E-state index in [1.165, 1.54) is 0 Å². The molecule has 0 fully saturated rings. The maximum absolute atomic E-state index is 6.00. The Morgan fingerprint density at radius 1 is 1.50 bits per heavy atom. The van der Waals surface area contributed by atoms with Crippen molar-refractivity contribution in [2.24, 2.45) is 18.7 Å². The lowest BCUT2D eigenvalue weighted by Gasteiger charge is -2.11. The van der Waals surface area contributed by atoms with Crippen LogP contribution in [0.2, 0.25) is 0 Å². The van der Waals surface area contributed by atoms with Crippen LogP contribution in [0.5, 0.6) is 0 Å². The molecule has 0 aliphatic rings. The lowest BCUT2D eigenvalue weighted by molar-refractivity contribution is 0.640. The van der Waals surface area contributed by atoms with Gasteiger partial charge in [0.1, 0.15) is 0 Å². The summed E-state index contributed by atoms with van der Waals surface area (Å²) in [4.78, 5) is 0. The number of nitrogens with two attached hydrogens (primary N) is 1. The highest BCUT2D eigenvalue weighted by Crippen LogP contribution is 2.16. The first kappa shape index (κ1) is 11.5. The highest BCUT2D eigenvalue weighted by atomic mass is 32.2. The lowest BCUT2D eigenvalue weighted by atomic mass is 10.3. The average Bonchev–Trinajstić information content (AvgIpc) is 2.50. The second-order valence-corrected chi connectivity index (χ2v) is 4.90. The van der Waals surface area contributed by atoms with E-state index in [-0.39, 0.29) is 6.04 Å². The van der Waals surface area contributed by atoms with Gasteiger partial charge >= 0.3 is 0 Å². The van der Waals surface area contributed by atoms with Gasteiger partial charge < -0.3 is 5.73 Å². The zero-order valence-electron chi connectivity index (χ0n) is 8.97. The fraction of sp³-hybridized carbons (Fsp3) is 0.778. The van der Waals surface area contributed by atoms with Crippen molar-refractivity contribution in [1.29, 1.82) is 0 Å². The third-order valence-electron chi connectivity index (χ3n) is 1.88. The zero-order chi connectivity index (χ0) is 10.6. The van der Waals surface area contributed by atoms with E-state index in [0.29, 0.717) is 0 Å². The molecule has 1 aromatic rings. The second kappa shape index (κ2) is 5.36. The summed E-state index contributed by atoms with van der Waals surface area (Å²) < 4.78 is 1.74. The van der Waals surface area contributed by atoms with Crippen LogP contribution in [-0.2, 0) is 7.05 Å². The number of hydrogen-bond acceptors (Lipinski definition) is 4. The Balaban J connectivity index is 2.36. The first-order chi connectivity index (χ1) is 6.61. The molecule has 1 heterocycles. The van der Waals surface area contributed by atoms with Crippen LogP contribution in [-0.4, -0.2) is 26.5 Å². The van der Waals surface area contributed by atoms with Crippen LogP contribution in [0.1, 0.15) is 25.6 Å². The summed E-state index contributed by atoms with van der Waals surface area (Å²) in [6.07, 6.45) is 1.74. The van der Waals surface area contributed by atoms with Crippen molar-refractivity contribution < 1.29 is 0 Å². The van der Waals surface area contributed by atoms with Crippen LogP contribution < -0.4 is 5.73 Å². The first-order valence-electron chi connectivity index (χ1n) is 4.79. The predicted molar refractivity (Wildman–Crippen MR) is 60.1 cm³/mol. The molecule has 4 nitrogen and oxygen atoms in total. The predicted octanol–water partition coefficient (Wildman–Crippen LogP) is 1.20. The molecule has 0 aliphatic carbocycles. The zero-order valence-corrected chi connectivity index (χ0v) is 9.79. The summed E-state index contributed by atoms with van der Waals surface area (Å²) in [5, 5.41) is 7.67. The molecule has 80 valence electrons. The molecule has 2 N–H and O–H groups in total. The van der Waals surface area contributed by atoms with Gasteiger partial charge in [0.25, 0.3) is 0 Å². The average molecular weight is 214 g/mol. The van der Waals surface area contributed by atoms with Crippen LogP contribution in [0.25, 0.3) is 0 Å². The maximum atomic E-state index is 6.00. The third kappa shape index (κ3) is 3.31. The molecule has 1 unspecified atom stereocenters. The molecular weight excluding hydrogens is 196 g/mol. The van der Waals surface area contributed by atoms with Gasteiger partial charge in [-0.2, -0.15) is 11.8 Å². The van der Waals surface area contributed by atoms with Gasteiger partial charge in [0.15, 0.2) is 0 Å². The van der Waals surface area contributed by atoms with Crippen LogP contribution in [0, 0.1) is 5.92 Å². The molecule has 0 spiro atoms. The van der Waals surface area contributed by atoms with Crippen molar-refractivity contribution in [3.63, 3.8) is 0 Å². The van der Waals surface area contributed by atoms with Crippen molar-refractivity contribution in [2.45, 2.75) is 19.9 Å². The molecule has 0 aliphatic heterocycles. The SMILES string of the molecule is CC(C)CSCC(N)c1cnnn1C. The number of aromatic nitrogens is 3. The van der Waals surface area contributed by atoms with Crippen molar-refractivity contribution in [2.75, 3.05) is 11.5 Å². The molecule has 0 bridgehead atoms. The Bertz CT molecular complexity index is 272. The van der Waals surface area contributed by atoms with Gasteiger partial charge in [-0.15, -0.1) is 5.10 Å². The molecular formula is C9H18N4S. The van der Waals surface area contributed by atoms with Crippen molar-refractivity contribution in [3.8, 4) is 0 Å². The largest absolute Gasteiger partial charge is 0.322 e. The van der Waals surface area contributed by atoms with Crippen molar-refractivity contribution in [3.05, 3.63) is 11.9 Å². The molecule has 14 heavy (non-hydrogen) atoms. The Labute approximate surface area is 89.2 Å². The number of rotatable bonds is 5. The van der Waals surface area contributed by atoms with Crippen molar-refractivity contribution in [1.82, 2.24) is 15.0 Å². The van der Waals surface area contributed by atoms with Crippen LogP contribution >= 0.6 is 11.8 Å². The molecule has 1 atom stereocenters. The fourth-order valence-electron chi connectivity index (χ4n) is 1.15. The highest BCUT2D eigenvalue weighted by molar-refractivity contribution is 7.99. The van der Waals surface area contributed by atoms with E-state index in [1.54, 1.807) is 10.9 Å².